The van der Waals surface area contributed by atoms with Crippen LogP contribution in [0.5, 0.6) is 0 Å². The molecule has 0 amide bonds. The molecule has 0 N–H and O–H groups in total. The van der Waals surface area contributed by atoms with E-state index in [4.69, 9.17) is 33.2 Å². The summed E-state index contributed by atoms with van der Waals surface area (Å²) in [6.07, 6.45) is 9.63. The van der Waals surface area contributed by atoms with Gasteiger partial charge < -0.3 is 31.4 Å². The van der Waals surface area contributed by atoms with E-state index in [-0.39, 0.29) is 0 Å². The number of para-hydroxylation sites is 10. The van der Waals surface area contributed by atoms with E-state index < -0.39 is 0 Å². The van der Waals surface area contributed by atoms with Crippen molar-refractivity contribution in [2.75, 3.05) is 0 Å². The van der Waals surface area contributed by atoms with Gasteiger partial charge in [0, 0.05) is 164 Å². The molecule has 0 saturated carbocycles. The van der Waals surface area contributed by atoms with Gasteiger partial charge in [-0.3, -0.25) is 9.97 Å². The summed E-state index contributed by atoms with van der Waals surface area (Å²) in [5.41, 5.74) is 31.2. The average Bonchev–Trinajstić information content (AvgIpc) is 1.58. The molecule has 12 nitrogen and oxygen atoms in total. The van der Waals surface area contributed by atoms with Gasteiger partial charge in [-0.15, -0.1) is 0 Å². The zero-order valence-electron chi connectivity index (χ0n) is 70.4. The van der Waals surface area contributed by atoms with Crippen molar-refractivity contribution in [3.63, 3.8) is 0 Å². The second-order valence-electron chi connectivity index (χ2n) is 33.4. The van der Waals surface area contributed by atoms with Crippen LogP contribution in [-0.4, -0.2) is 43.0 Å². The van der Waals surface area contributed by atoms with Crippen LogP contribution in [0.1, 0.15) is 0 Å². The Hall–Kier alpha value is -17.9. The lowest BCUT2D eigenvalue weighted by Gasteiger charge is -2.16. The highest BCUT2D eigenvalue weighted by Crippen LogP contribution is 2.47. The molecule has 28 rings (SSSR count). The molecular weight excluding hydrogens is 1600 g/mol. The molecule has 0 aliphatic carbocycles. The molecule has 0 unspecified atom stereocenters. The molecule has 0 saturated heterocycles. The Labute approximate surface area is 749 Å². The third-order valence-corrected chi connectivity index (χ3v) is 25.9. The number of aromatic nitrogens is 9. The quantitative estimate of drug-likeness (QED) is 0.133. The highest BCUT2D eigenvalue weighted by Gasteiger charge is 2.26. The van der Waals surface area contributed by atoms with Crippen molar-refractivity contribution in [2.24, 2.45) is 0 Å². The van der Waals surface area contributed by atoms with Crippen molar-refractivity contribution in [3.05, 3.63) is 443 Å². The molecule has 0 fully saturated rings. The van der Waals surface area contributed by atoms with Crippen LogP contribution in [0.25, 0.3) is 254 Å². The van der Waals surface area contributed by atoms with E-state index in [0.29, 0.717) is 5.82 Å². The number of hydrogen-bond acceptors (Lipinski definition) is 8. The highest BCUT2D eigenvalue weighted by atomic mass is 16.3. The lowest BCUT2D eigenvalue weighted by atomic mass is 9.96. The second-order valence-corrected chi connectivity index (χ2v) is 33.4. The highest BCUT2D eigenvalue weighted by molar-refractivity contribution is 6.17. The van der Waals surface area contributed by atoms with Crippen molar-refractivity contribution in [3.8, 4) is 95.6 Å². The summed E-state index contributed by atoms with van der Waals surface area (Å²) >= 11 is 0. The Kier molecular flexibility index (Phi) is 17.3. The van der Waals surface area contributed by atoms with Gasteiger partial charge in [0.2, 0.25) is 0 Å². The van der Waals surface area contributed by atoms with Crippen molar-refractivity contribution >= 4 is 159 Å². The number of nitrogens with zero attached hydrogens (tertiary/aromatic N) is 9. The van der Waals surface area contributed by atoms with Crippen LogP contribution in [0.15, 0.2) is 457 Å². The molecule has 0 spiro atoms. The molecule has 12 heteroatoms. The van der Waals surface area contributed by atoms with E-state index >= 15 is 0 Å². The van der Waals surface area contributed by atoms with Gasteiger partial charge in [-0.2, -0.15) is 0 Å². The monoisotopic (exact) mass is 1680 g/mol. The number of rotatable bonds is 10. The Morgan fingerprint density at radius 1 is 0.221 bits per heavy atom. The van der Waals surface area contributed by atoms with Gasteiger partial charge in [0.05, 0.1) is 72.8 Å². The largest absolute Gasteiger partial charge is 0.456 e. The van der Waals surface area contributed by atoms with Gasteiger partial charge in [0.25, 0.3) is 0 Å². The molecule has 612 valence electrons. The molecular formula is C119H73N9O3. The first-order valence-electron chi connectivity index (χ1n) is 44.0. The Morgan fingerprint density at radius 3 is 1.07 bits per heavy atom. The van der Waals surface area contributed by atoms with Gasteiger partial charge in [0.1, 0.15) is 39.1 Å². The van der Waals surface area contributed by atoms with Crippen LogP contribution in [0.4, 0.5) is 0 Å². The van der Waals surface area contributed by atoms with Crippen LogP contribution >= 0.6 is 0 Å². The van der Waals surface area contributed by atoms with Crippen LogP contribution in [0, 0.1) is 0 Å². The summed E-state index contributed by atoms with van der Waals surface area (Å²) in [5, 5.41) is 17.3. The zero-order chi connectivity index (χ0) is 86.1. The lowest BCUT2D eigenvalue weighted by molar-refractivity contribution is 0.668. The first kappa shape index (κ1) is 74.5. The predicted molar refractivity (Wildman–Crippen MR) is 537 cm³/mol. The van der Waals surface area contributed by atoms with Crippen LogP contribution < -0.4 is 0 Å². The standard InChI is InChI=1S/C44H27N3O.C38H23N3O.C37H23N3O/c1-2-12-29(13-3-1)43-34-17-4-8-18-37(34)45-44(46-43)30-24-22-28(23-25-30)35-26-36-33-16-7-11-21-41(33)48-42(36)27-40(35)47-38-19-9-5-14-31(38)32-15-6-10-20-39(32)47;1-4-10-33-27(7-1)28-8-2-5-11-34(28)41(33)35-23-37-32(29-9-3-6-12-36(29)42-37)22-30(35)26-14-13-24-17-20-40-38(31(24)21-26)25-15-18-39-19-16-25;1-4-12-32-26(9-1)27-10-2-5-13-33(27)40(32)34-22-36-30(28-11-3-6-14-35(28)41-36)21-29(34)24-16-18-25(19-17-24)31-23-39-20-8-7-15-37(39)38-31/h1-27H;1-23H;1-23H. The minimum Gasteiger partial charge on any atom is -0.456 e. The summed E-state index contributed by atoms with van der Waals surface area (Å²) in [6.45, 7) is 0. The maximum atomic E-state index is 6.44. The molecule has 11 heterocycles. The van der Waals surface area contributed by atoms with Crippen molar-refractivity contribution in [1.82, 2.24) is 43.0 Å². The normalized spacial score (nSPS) is 11.8. The summed E-state index contributed by atoms with van der Waals surface area (Å²) < 4.78 is 28.4. The smallest absolute Gasteiger partial charge is 0.160 e. The Balaban J connectivity index is 0.000000104. The SMILES string of the molecule is c1ccc(-c2nc(-c3ccc(-c4cc5c(cc4-n4c6ccccc6c6ccccc64)oc4ccccc45)cc3)nc3ccccc23)cc1.c1ccc2c(c1)oc1cc(-n3c4ccccc4c4ccccc43)c(-c3ccc(-c4cn5ccccc5n4)cc3)cc12.c1ccc2c(c1)oc1cc(-n3c4ccccc4c4ccccc43)c(-c3ccc4ccnc(-c5ccncc5)c4c3)cc12. The molecule has 0 bridgehead atoms. The number of pyridine rings is 3. The molecule has 28 aromatic rings. The third-order valence-electron chi connectivity index (χ3n) is 25.9. The van der Waals surface area contributed by atoms with Gasteiger partial charge in [0.15, 0.2) is 5.82 Å². The molecule has 17 aromatic carbocycles. The zero-order valence-corrected chi connectivity index (χ0v) is 70.4. The fraction of sp³-hybridized carbons (Fsp3) is 0. The van der Waals surface area contributed by atoms with Crippen LogP contribution in [-0.2, 0) is 0 Å². The third kappa shape index (κ3) is 12.5. The maximum Gasteiger partial charge on any atom is 0.160 e. The minimum absolute atomic E-state index is 0.706. The summed E-state index contributed by atoms with van der Waals surface area (Å²) in [4.78, 5) is 24.0. The Bertz CT molecular complexity index is 9250. The fourth-order valence-electron chi connectivity index (χ4n) is 19.9. The summed E-state index contributed by atoms with van der Waals surface area (Å²) in [6, 6.07) is 145. The number of imidazole rings is 1. The van der Waals surface area contributed by atoms with Crippen molar-refractivity contribution < 1.29 is 13.3 Å². The summed E-state index contributed by atoms with van der Waals surface area (Å²) in [7, 11) is 0. The number of furan rings is 3. The number of hydrogen-bond donors (Lipinski definition) is 0. The molecule has 0 radical (unpaired) electrons. The maximum absolute atomic E-state index is 6.44. The van der Waals surface area contributed by atoms with Crippen LogP contribution in [0.2, 0.25) is 0 Å². The van der Waals surface area contributed by atoms with Gasteiger partial charge in [-0.25, -0.2) is 15.0 Å². The second kappa shape index (κ2) is 30.5. The summed E-state index contributed by atoms with van der Waals surface area (Å²) in [5.74, 6) is 0.706. The molecule has 11 aromatic heterocycles. The van der Waals surface area contributed by atoms with Gasteiger partial charge >= 0.3 is 0 Å². The average molecular weight is 1680 g/mol. The number of benzene rings is 17. The van der Waals surface area contributed by atoms with E-state index in [9.17, 15) is 0 Å². The van der Waals surface area contributed by atoms with Gasteiger partial charge in [-0.05, 0) is 137 Å². The minimum atomic E-state index is 0.706. The molecule has 0 aliphatic heterocycles. The first-order valence-corrected chi connectivity index (χ1v) is 44.0. The fourth-order valence-corrected chi connectivity index (χ4v) is 19.9. The first-order chi connectivity index (χ1) is 64.9. The molecule has 131 heavy (non-hydrogen) atoms. The van der Waals surface area contributed by atoms with Crippen LogP contribution in [0.3, 0.4) is 0 Å². The van der Waals surface area contributed by atoms with E-state index in [1.165, 1.54) is 43.4 Å². The van der Waals surface area contributed by atoms with Crippen molar-refractivity contribution in [1.29, 1.82) is 0 Å². The predicted octanol–water partition coefficient (Wildman–Crippen LogP) is 31.3. The Morgan fingerprint density at radius 2 is 0.603 bits per heavy atom. The van der Waals surface area contributed by atoms with E-state index in [1.54, 1.807) is 0 Å². The van der Waals surface area contributed by atoms with E-state index in [1.807, 2.05) is 110 Å². The van der Waals surface area contributed by atoms with E-state index in [0.717, 1.165) is 205 Å². The number of fused-ring (bicyclic) bond motifs is 21. The molecule has 0 atom stereocenters. The topological polar surface area (TPSA) is 123 Å². The van der Waals surface area contributed by atoms with E-state index in [2.05, 4.69) is 357 Å². The van der Waals surface area contributed by atoms with Crippen molar-refractivity contribution in [2.45, 2.75) is 0 Å². The van der Waals surface area contributed by atoms with Gasteiger partial charge in [-0.1, -0.05) is 279 Å². The lowest BCUT2D eigenvalue weighted by Crippen LogP contribution is -1.98. The molecule has 0 aliphatic rings.